The van der Waals surface area contributed by atoms with E-state index in [2.05, 4.69) is 0 Å². The largest absolute Gasteiger partial charge is 0.491 e. The van der Waals surface area contributed by atoms with Crippen molar-refractivity contribution in [3.05, 3.63) is 194 Å². The van der Waals surface area contributed by atoms with Crippen LogP contribution >= 0.6 is 0 Å². The van der Waals surface area contributed by atoms with Crippen LogP contribution in [0.3, 0.4) is 0 Å². The summed E-state index contributed by atoms with van der Waals surface area (Å²) in [5.74, 6) is 2.01. The fourth-order valence-electron chi connectivity index (χ4n) is 9.86. The molecular weight excluding hydrogens is 1030 g/mol. The molecule has 81 heavy (non-hydrogen) atoms. The predicted octanol–water partition coefficient (Wildman–Crippen LogP) is 8.54. The van der Waals surface area contributed by atoms with Gasteiger partial charge in [0.05, 0.1) is 99.1 Å². The van der Waals surface area contributed by atoms with E-state index in [0.29, 0.717) is 149 Å². The summed E-state index contributed by atoms with van der Waals surface area (Å²) in [6.07, 6.45) is 1.12. The van der Waals surface area contributed by atoms with Crippen molar-refractivity contribution >= 4 is 0 Å². The minimum absolute atomic E-state index is 0.311. The molecule has 0 heterocycles. The Bertz CT molecular complexity index is 2640. The first-order chi connectivity index (χ1) is 39.8. The Morgan fingerprint density at radius 3 is 0.716 bits per heavy atom. The van der Waals surface area contributed by atoms with Crippen molar-refractivity contribution in [3.8, 4) is 50.6 Å². The number of aliphatic hydroxyl groups is 6. The Morgan fingerprint density at radius 1 is 0.259 bits per heavy atom. The van der Waals surface area contributed by atoms with Gasteiger partial charge >= 0.3 is 0 Å². The molecule has 0 radical (unpaired) electrons. The molecule has 0 aliphatic heterocycles. The van der Waals surface area contributed by atoms with E-state index in [1.54, 1.807) is 21.3 Å². The second-order valence-corrected chi connectivity index (χ2v) is 19.3. The Morgan fingerprint density at radius 2 is 0.481 bits per heavy atom. The molecule has 0 aliphatic carbocycles. The van der Waals surface area contributed by atoms with Crippen LogP contribution in [-0.4, -0.2) is 131 Å². The maximum atomic E-state index is 11.1. The van der Waals surface area contributed by atoms with E-state index in [-0.39, 0.29) is 39.6 Å². The van der Waals surface area contributed by atoms with E-state index < -0.39 is 0 Å². The van der Waals surface area contributed by atoms with Crippen molar-refractivity contribution in [1.82, 2.24) is 0 Å². The molecule has 0 atom stereocenters. The number of aliphatic hydroxyl groups excluding tert-OH is 6. The highest BCUT2D eigenvalue weighted by atomic mass is 16.6. The van der Waals surface area contributed by atoms with Gasteiger partial charge in [-0.25, -0.2) is 0 Å². The molecule has 15 nitrogen and oxygen atoms in total. The fraction of sp³-hybridized carbons (Fsp3) is 0.364. The fourth-order valence-corrected chi connectivity index (χ4v) is 9.86. The SMILES string of the molecule is COCCOCCOc1ccccc1Cc1c(CO)cc(-c2cc(-c3cc(CO)c(Cc4ccccc4OCCOCCOC)c(CO)c3)cc(-c3cc(CO)c(Cc4ccccc4OCCOCCOC)c(CO)c3)c2)cc1CO. The zero-order valence-electron chi connectivity index (χ0n) is 46.8. The molecule has 0 aromatic heterocycles. The number of hydrogen-bond donors (Lipinski definition) is 6. The topological polar surface area (TPSA) is 204 Å². The summed E-state index contributed by atoms with van der Waals surface area (Å²) in [5.41, 5.74) is 13.0. The van der Waals surface area contributed by atoms with Gasteiger partial charge in [-0.05, 0) is 173 Å². The summed E-state index contributed by atoms with van der Waals surface area (Å²) < 4.78 is 50.6. The molecule has 0 unspecified atom stereocenters. The van der Waals surface area contributed by atoms with Gasteiger partial charge in [-0.2, -0.15) is 0 Å². The van der Waals surface area contributed by atoms with E-state index in [1.165, 1.54) is 0 Å². The summed E-state index contributed by atoms with van der Waals surface area (Å²) in [6.45, 7) is 3.07. The lowest BCUT2D eigenvalue weighted by molar-refractivity contribution is 0.0543. The first-order valence-corrected chi connectivity index (χ1v) is 27.4. The molecule has 432 valence electrons. The number of para-hydroxylation sites is 3. The van der Waals surface area contributed by atoms with Gasteiger partial charge in [0.15, 0.2) is 0 Å². The van der Waals surface area contributed by atoms with Gasteiger partial charge in [0.2, 0.25) is 0 Å². The van der Waals surface area contributed by atoms with Crippen molar-refractivity contribution in [2.75, 3.05) is 101 Å². The monoisotopic (exact) mass is 1110 g/mol. The van der Waals surface area contributed by atoms with Crippen LogP contribution in [-0.2, 0) is 87.3 Å². The molecule has 0 fully saturated rings. The number of methoxy groups -OCH3 is 3. The average Bonchev–Trinajstić information content (AvgIpc) is 3.70. The van der Waals surface area contributed by atoms with Crippen LogP contribution in [0.15, 0.2) is 127 Å². The molecule has 0 spiro atoms. The Kier molecular flexibility index (Phi) is 25.6. The molecule has 0 aliphatic rings. The Balaban J connectivity index is 1.31. The molecule has 0 amide bonds. The minimum Gasteiger partial charge on any atom is -0.491 e. The average molecular weight is 1110 g/mol. The number of benzene rings is 7. The standard InChI is InChI=1S/C66H78O15/c1-73-16-19-76-22-25-79-64-13-7-4-10-46(64)37-61-55(40-67)31-52(32-56(61)41-68)49-28-50(53-33-57(42-69)62(58(34-53)43-70)38-47-11-5-8-14-65(47)80-26-23-77-20-17-74-2)30-51(29-49)54-35-59(44-71)63(60(36-54)45-72)39-48-12-6-9-15-66(48)81-27-24-78-21-18-75-3/h4-15,28-36,67-72H,16-27,37-45H2,1-3H3. The first-order valence-electron chi connectivity index (χ1n) is 27.4. The van der Waals surface area contributed by atoms with E-state index in [1.807, 2.05) is 127 Å². The predicted molar refractivity (Wildman–Crippen MR) is 311 cm³/mol. The van der Waals surface area contributed by atoms with E-state index in [9.17, 15) is 30.6 Å². The molecule has 15 heteroatoms. The quantitative estimate of drug-likeness (QED) is 0.0204. The van der Waals surface area contributed by atoms with Crippen LogP contribution in [0.4, 0.5) is 0 Å². The zero-order valence-corrected chi connectivity index (χ0v) is 46.8. The molecule has 7 aromatic carbocycles. The lowest BCUT2D eigenvalue weighted by Gasteiger charge is -2.20. The van der Waals surface area contributed by atoms with Crippen molar-refractivity contribution in [1.29, 1.82) is 0 Å². The van der Waals surface area contributed by atoms with Crippen molar-refractivity contribution in [2.24, 2.45) is 0 Å². The van der Waals surface area contributed by atoms with Crippen molar-refractivity contribution < 1.29 is 73.3 Å². The maximum absolute atomic E-state index is 11.1. The minimum atomic E-state index is -0.311. The summed E-state index contributed by atoms with van der Waals surface area (Å²) in [5, 5.41) is 66.5. The summed E-state index contributed by atoms with van der Waals surface area (Å²) in [6, 6.07) is 40.7. The highest BCUT2D eigenvalue weighted by Gasteiger charge is 2.21. The van der Waals surface area contributed by atoms with Gasteiger partial charge in [-0.15, -0.1) is 0 Å². The lowest BCUT2D eigenvalue weighted by atomic mass is 9.86. The molecular formula is C66H78O15. The van der Waals surface area contributed by atoms with Crippen LogP contribution in [0, 0.1) is 0 Å². The molecule has 0 bridgehead atoms. The van der Waals surface area contributed by atoms with Crippen molar-refractivity contribution in [3.63, 3.8) is 0 Å². The van der Waals surface area contributed by atoms with Crippen LogP contribution in [0.25, 0.3) is 33.4 Å². The molecule has 0 saturated carbocycles. The third kappa shape index (κ3) is 17.5. The lowest BCUT2D eigenvalue weighted by Crippen LogP contribution is -2.11. The van der Waals surface area contributed by atoms with Gasteiger partial charge in [0.25, 0.3) is 0 Å². The smallest absolute Gasteiger partial charge is 0.122 e. The Hall–Kier alpha value is -6.54. The highest BCUT2D eigenvalue weighted by Crippen LogP contribution is 2.39. The number of ether oxygens (including phenoxy) is 9. The van der Waals surface area contributed by atoms with Gasteiger partial charge < -0.3 is 73.3 Å². The maximum Gasteiger partial charge on any atom is 0.122 e. The molecule has 0 saturated heterocycles. The molecule has 7 rings (SSSR count). The van der Waals surface area contributed by atoms with E-state index in [0.717, 1.165) is 66.8 Å². The van der Waals surface area contributed by atoms with E-state index in [4.69, 9.17) is 42.6 Å². The van der Waals surface area contributed by atoms with Crippen LogP contribution in [0.5, 0.6) is 17.2 Å². The van der Waals surface area contributed by atoms with E-state index >= 15 is 0 Å². The van der Waals surface area contributed by atoms with Gasteiger partial charge in [0, 0.05) is 40.6 Å². The third-order valence-electron chi connectivity index (χ3n) is 14.0. The molecule has 6 N–H and O–H groups in total. The normalized spacial score (nSPS) is 11.4. The third-order valence-corrected chi connectivity index (χ3v) is 14.0. The van der Waals surface area contributed by atoms with Crippen LogP contribution < -0.4 is 14.2 Å². The summed E-state index contributed by atoms with van der Waals surface area (Å²) >= 11 is 0. The van der Waals surface area contributed by atoms with Gasteiger partial charge in [-0.3, -0.25) is 0 Å². The zero-order chi connectivity index (χ0) is 57.2. The highest BCUT2D eigenvalue weighted by molar-refractivity contribution is 5.83. The van der Waals surface area contributed by atoms with Gasteiger partial charge in [-0.1, -0.05) is 54.6 Å². The van der Waals surface area contributed by atoms with Crippen LogP contribution in [0.1, 0.15) is 66.8 Å². The number of hydrogen-bond acceptors (Lipinski definition) is 15. The summed E-state index contributed by atoms with van der Waals surface area (Å²) in [4.78, 5) is 0. The second-order valence-electron chi connectivity index (χ2n) is 19.3. The number of rotatable bonds is 36. The van der Waals surface area contributed by atoms with Crippen LogP contribution in [0.2, 0.25) is 0 Å². The molecule has 7 aromatic rings. The van der Waals surface area contributed by atoms with Gasteiger partial charge in [0.1, 0.15) is 37.1 Å². The second kappa shape index (κ2) is 33.4. The Labute approximate surface area is 475 Å². The summed E-state index contributed by atoms with van der Waals surface area (Å²) in [7, 11) is 4.87. The van der Waals surface area contributed by atoms with Crippen molar-refractivity contribution in [2.45, 2.75) is 58.9 Å². The first kappa shape index (κ1) is 62.1.